The fourth-order valence-corrected chi connectivity index (χ4v) is 2.57. The Morgan fingerprint density at radius 1 is 0.905 bits per heavy atom. The first kappa shape index (κ1) is 13.6. The molecule has 0 bridgehead atoms. The van der Waals surface area contributed by atoms with Crippen molar-refractivity contribution < 1.29 is 0 Å². The average Bonchev–Trinajstić information content (AvgIpc) is 2.89. The Morgan fingerprint density at radius 3 is 2.33 bits per heavy atom. The van der Waals surface area contributed by atoms with Crippen LogP contribution in [0.25, 0.3) is 17.1 Å². The van der Waals surface area contributed by atoms with Crippen LogP contribution in [0.15, 0.2) is 48.5 Å². The highest BCUT2D eigenvalue weighted by Gasteiger charge is 2.14. The average molecular weight is 277 g/mol. The topological polar surface area (TPSA) is 30.7 Å². The molecule has 0 aliphatic heterocycles. The number of hydrogen-bond acceptors (Lipinski definition) is 2. The predicted molar refractivity (Wildman–Crippen MR) is 85.6 cm³/mol. The number of hydrogen-bond donors (Lipinski definition) is 0. The zero-order valence-corrected chi connectivity index (χ0v) is 12.7. The molecule has 3 aromatic rings. The summed E-state index contributed by atoms with van der Waals surface area (Å²) in [6.45, 7) is 6.26. The van der Waals surface area contributed by atoms with Crippen LogP contribution in [0.2, 0.25) is 0 Å². The van der Waals surface area contributed by atoms with Gasteiger partial charge in [-0.15, -0.1) is 10.2 Å². The quantitative estimate of drug-likeness (QED) is 0.721. The van der Waals surface area contributed by atoms with Gasteiger partial charge in [-0.25, -0.2) is 0 Å². The van der Waals surface area contributed by atoms with Crippen LogP contribution in [0.5, 0.6) is 0 Å². The molecule has 0 atom stereocenters. The summed E-state index contributed by atoms with van der Waals surface area (Å²) >= 11 is 0. The molecule has 0 spiro atoms. The van der Waals surface area contributed by atoms with Crippen molar-refractivity contribution in [2.45, 2.75) is 27.2 Å². The maximum Gasteiger partial charge on any atom is 0.168 e. The minimum absolute atomic E-state index is 0.897. The van der Waals surface area contributed by atoms with E-state index in [4.69, 9.17) is 0 Å². The van der Waals surface area contributed by atoms with Crippen molar-refractivity contribution in [3.63, 3.8) is 0 Å². The van der Waals surface area contributed by atoms with Gasteiger partial charge in [0.25, 0.3) is 0 Å². The summed E-state index contributed by atoms with van der Waals surface area (Å²) in [6.07, 6.45) is 0.987. The molecule has 0 fully saturated rings. The zero-order valence-electron chi connectivity index (χ0n) is 12.7. The smallest absolute Gasteiger partial charge is 0.168 e. The molecule has 0 aliphatic carbocycles. The molecule has 0 radical (unpaired) electrons. The molecule has 0 aliphatic rings. The van der Waals surface area contributed by atoms with Gasteiger partial charge in [0.2, 0.25) is 0 Å². The first-order valence-corrected chi connectivity index (χ1v) is 7.28. The normalized spacial score (nSPS) is 10.8. The van der Waals surface area contributed by atoms with Gasteiger partial charge in [0.1, 0.15) is 5.82 Å². The van der Waals surface area contributed by atoms with Gasteiger partial charge in [-0.1, -0.05) is 55.0 Å². The van der Waals surface area contributed by atoms with E-state index in [1.54, 1.807) is 0 Å². The van der Waals surface area contributed by atoms with Gasteiger partial charge in [0.05, 0.1) is 5.69 Å². The third-order valence-electron chi connectivity index (χ3n) is 3.75. The van der Waals surface area contributed by atoms with Crippen molar-refractivity contribution in [3.8, 4) is 17.1 Å². The summed E-state index contributed by atoms with van der Waals surface area (Å²) in [5.41, 5.74) is 4.80. The largest absolute Gasteiger partial charge is 0.279 e. The summed E-state index contributed by atoms with van der Waals surface area (Å²) < 4.78 is 2.14. The van der Waals surface area contributed by atoms with Crippen LogP contribution in [-0.4, -0.2) is 14.8 Å². The lowest BCUT2D eigenvalue weighted by atomic mass is 10.1. The monoisotopic (exact) mass is 277 g/mol. The van der Waals surface area contributed by atoms with Crippen LogP contribution < -0.4 is 0 Å². The number of para-hydroxylation sites is 1. The molecule has 106 valence electrons. The van der Waals surface area contributed by atoms with Crippen LogP contribution in [0.1, 0.15) is 23.9 Å². The molecular weight excluding hydrogens is 258 g/mol. The highest BCUT2D eigenvalue weighted by molar-refractivity contribution is 5.60. The van der Waals surface area contributed by atoms with Crippen LogP contribution in [0.3, 0.4) is 0 Å². The lowest BCUT2D eigenvalue weighted by Gasteiger charge is -2.13. The van der Waals surface area contributed by atoms with Gasteiger partial charge in [-0.2, -0.15) is 0 Å². The summed E-state index contributed by atoms with van der Waals surface area (Å²) in [7, 11) is 0. The molecule has 0 amide bonds. The van der Waals surface area contributed by atoms with Gasteiger partial charge in [0.15, 0.2) is 5.82 Å². The number of rotatable bonds is 3. The Morgan fingerprint density at radius 2 is 1.62 bits per heavy atom. The SMILES string of the molecule is CCc1ccccc1-n1c(C)nnc1-c1ccc(C)cc1. The highest BCUT2D eigenvalue weighted by atomic mass is 15.3. The van der Waals surface area contributed by atoms with E-state index in [2.05, 4.69) is 77.1 Å². The first-order valence-electron chi connectivity index (χ1n) is 7.28. The van der Waals surface area contributed by atoms with E-state index in [1.165, 1.54) is 11.1 Å². The Bertz CT molecular complexity index is 754. The second-order valence-corrected chi connectivity index (χ2v) is 5.25. The Balaban J connectivity index is 2.20. The standard InChI is InChI=1S/C18H19N3/c1-4-15-7-5-6-8-17(15)21-14(3)19-20-18(21)16-11-9-13(2)10-12-16/h5-12H,4H2,1-3H3. The molecule has 21 heavy (non-hydrogen) atoms. The highest BCUT2D eigenvalue weighted by Crippen LogP contribution is 2.25. The van der Waals surface area contributed by atoms with Gasteiger partial charge in [0, 0.05) is 5.56 Å². The minimum atomic E-state index is 0.897. The second kappa shape index (κ2) is 5.52. The molecule has 0 saturated carbocycles. The van der Waals surface area contributed by atoms with E-state index >= 15 is 0 Å². The lowest BCUT2D eigenvalue weighted by molar-refractivity contribution is 0.948. The zero-order chi connectivity index (χ0) is 14.8. The maximum absolute atomic E-state index is 4.38. The van der Waals surface area contributed by atoms with Crippen LogP contribution in [-0.2, 0) is 6.42 Å². The predicted octanol–water partition coefficient (Wildman–Crippen LogP) is 4.11. The van der Waals surface area contributed by atoms with E-state index in [1.807, 2.05) is 6.92 Å². The van der Waals surface area contributed by atoms with Crippen molar-refractivity contribution in [2.75, 3.05) is 0 Å². The van der Waals surface area contributed by atoms with Crippen molar-refractivity contribution in [1.29, 1.82) is 0 Å². The minimum Gasteiger partial charge on any atom is -0.279 e. The van der Waals surface area contributed by atoms with Gasteiger partial charge >= 0.3 is 0 Å². The summed E-state index contributed by atoms with van der Waals surface area (Å²) in [5, 5.41) is 8.66. The van der Waals surface area contributed by atoms with Crippen LogP contribution in [0.4, 0.5) is 0 Å². The summed E-state index contributed by atoms with van der Waals surface area (Å²) in [6, 6.07) is 16.8. The third-order valence-corrected chi connectivity index (χ3v) is 3.75. The molecule has 3 nitrogen and oxygen atoms in total. The van der Waals surface area contributed by atoms with Gasteiger partial charge < -0.3 is 0 Å². The Kier molecular flexibility index (Phi) is 3.57. The van der Waals surface area contributed by atoms with Crippen LogP contribution >= 0.6 is 0 Å². The molecule has 2 aromatic carbocycles. The first-order chi connectivity index (χ1) is 10.2. The molecular formula is C18H19N3. The molecule has 0 N–H and O–H groups in total. The molecule has 3 rings (SSSR count). The molecule has 1 heterocycles. The fraction of sp³-hybridized carbons (Fsp3) is 0.222. The van der Waals surface area contributed by atoms with E-state index < -0.39 is 0 Å². The Labute approximate surface area is 125 Å². The maximum atomic E-state index is 4.38. The summed E-state index contributed by atoms with van der Waals surface area (Å²) in [5.74, 6) is 1.81. The van der Waals surface area contributed by atoms with E-state index in [9.17, 15) is 0 Å². The molecule has 3 heteroatoms. The van der Waals surface area contributed by atoms with Crippen molar-refractivity contribution >= 4 is 0 Å². The molecule has 0 saturated heterocycles. The van der Waals surface area contributed by atoms with Gasteiger partial charge in [-0.3, -0.25) is 4.57 Å². The second-order valence-electron chi connectivity index (χ2n) is 5.25. The van der Waals surface area contributed by atoms with Crippen molar-refractivity contribution in [2.24, 2.45) is 0 Å². The van der Waals surface area contributed by atoms with E-state index in [-0.39, 0.29) is 0 Å². The fourth-order valence-electron chi connectivity index (χ4n) is 2.57. The van der Waals surface area contributed by atoms with Crippen LogP contribution in [0, 0.1) is 13.8 Å². The van der Waals surface area contributed by atoms with Gasteiger partial charge in [-0.05, 0) is 31.9 Å². The molecule has 0 unspecified atom stereocenters. The number of benzene rings is 2. The third kappa shape index (κ3) is 2.47. The summed E-state index contributed by atoms with van der Waals surface area (Å²) in [4.78, 5) is 0. The van der Waals surface area contributed by atoms with E-state index in [0.717, 1.165) is 29.3 Å². The number of nitrogens with zero attached hydrogens (tertiary/aromatic N) is 3. The van der Waals surface area contributed by atoms with Crippen molar-refractivity contribution in [1.82, 2.24) is 14.8 Å². The lowest BCUT2D eigenvalue weighted by Crippen LogP contribution is -2.03. The molecule has 1 aromatic heterocycles. The number of aryl methyl sites for hydroxylation is 3. The Hall–Kier alpha value is -2.42. The van der Waals surface area contributed by atoms with Crippen molar-refractivity contribution in [3.05, 3.63) is 65.5 Å². The number of aromatic nitrogens is 3. The van der Waals surface area contributed by atoms with E-state index in [0.29, 0.717) is 0 Å².